The maximum Gasteiger partial charge on any atom is 3.00 e. The van der Waals surface area contributed by atoms with Crippen LogP contribution in [0, 0.1) is 14.9 Å². The van der Waals surface area contributed by atoms with E-state index in [1.807, 2.05) is 0 Å². The van der Waals surface area contributed by atoms with E-state index in [0.29, 0.717) is 0 Å². The third kappa shape index (κ3) is 4210. The molecule has 0 aromatic heterocycles. The predicted molar refractivity (Wildman–Crippen MR) is 35.9 cm³/mol. The summed E-state index contributed by atoms with van der Waals surface area (Å²) in [6.07, 6.45) is 0. The van der Waals surface area contributed by atoms with E-state index in [1.165, 1.54) is 0 Å². The average Bonchev–Trinajstić information content (AvgIpc) is 1.81. The monoisotopic (exact) mass is 221 g/mol. The fourth-order valence-corrected chi connectivity index (χ4v) is 0. The largest absolute Gasteiger partial charge is 3.00 e. The minimum atomic E-state index is 0. The molecule has 0 unspecified atom stereocenters. The van der Waals surface area contributed by atoms with Crippen molar-refractivity contribution < 1.29 is 36.1 Å². The van der Waals surface area contributed by atoms with Crippen molar-refractivity contribution in [1.82, 2.24) is 0 Å². The van der Waals surface area contributed by atoms with Gasteiger partial charge in [-0.2, -0.15) is 0 Å². The number of hydrogen-bond donors (Lipinski definition) is 2. The minimum Gasteiger partial charge on any atom is -0.545 e. The summed E-state index contributed by atoms with van der Waals surface area (Å²) in [5.74, 6) is 0. The van der Waals surface area contributed by atoms with Crippen molar-refractivity contribution in [1.29, 1.82) is 0 Å². The van der Waals surface area contributed by atoms with Gasteiger partial charge in [-0.25, -0.2) is 0 Å². The first-order valence-corrected chi connectivity index (χ1v) is 1.13. The van der Waals surface area contributed by atoms with Crippen molar-refractivity contribution in [2.75, 3.05) is 14.2 Å². The predicted octanol–water partition coefficient (Wildman–Crippen LogP) is -0.159. The second-order valence-electron chi connectivity index (χ2n) is 0. The van der Waals surface area contributed by atoms with Gasteiger partial charge in [-0.1, -0.05) is 0 Å². The molecule has 0 bridgehead atoms. The van der Waals surface area contributed by atoms with Crippen LogP contribution in [0.15, 0.2) is 0 Å². The smallest absolute Gasteiger partial charge is 0.545 e. The third-order valence-corrected chi connectivity index (χ3v) is 0. The molecule has 0 aliphatic carbocycles. The Morgan fingerprint density at radius 2 is 0.889 bits per heavy atom. The van der Waals surface area contributed by atoms with Crippen molar-refractivity contribution in [3.63, 3.8) is 0 Å². The van der Waals surface area contributed by atoms with E-state index in [0.717, 1.165) is 14.2 Å². The normalized spacial score (nSPS) is 1.78. The standard InChI is InChI=1S/2CH4O.CHO.2CH3.Mo/c3*1-2;;;/h2*2H,1H3;1H;2*1H3;/q;;3*-1;+3. The van der Waals surface area contributed by atoms with Crippen LogP contribution >= 0.6 is 0 Å². The summed E-state index contributed by atoms with van der Waals surface area (Å²) in [6.45, 7) is 3.25. The van der Waals surface area contributed by atoms with Gasteiger partial charge in [0.05, 0.1) is 0 Å². The van der Waals surface area contributed by atoms with E-state index in [9.17, 15) is 0 Å². The molecule has 3 nitrogen and oxygen atoms in total. The molecule has 0 heterocycles. The van der Waals surface area contributed by atoms with Crippen molar-refractivity contribution in [3.05, 3.63) is 14.9 Å². The van der Waals surface area contributed by atoms with Gasteiger partial charge in [0.25, 0.3) is 0 Å². The number of carbonyl (C=O) groups excluding carboxylic acids is 1. The SMILES string of the molecule is CO.CO.[CH-]=O.[CH3-].[CH3-].[Mo+3]. The fourth-order valence-electron chi connectivity index (χ4n) is 0. The molecule has 0 amide bonds. The Bertz CT molecular complexity index is 12.2. The quantitative estimate of drug-likeness (QED) is 0.338. The molecule has 4 heteroatoms. The Balaban J connectivity index is -0.00000000321. The molecular formula is C5H15MoO3. The van der Waals surface area contributed by atoms with Crippen LogP contribution in [0.2, 0.25) is 0 Å². The molecule has 0 rings (SSSR count). The number of hydrogen-bond acceptors (Lipinski definition) is 3. The molecule has 0 aromatic rings. The van der Waals surface area contributed by atoms with Gasteiger partial charge < -0.3 is 29.9 Å². The van der Waals surface area contributed by atoms with Gasteiger partial charge in [-0.3, -0.25) is 6.79 Å². The van der Waals surface area contributed by atoms with Crippen molar-refractivity contribution in [2.24, 2.45) is 0 Å². The first kappa shape index (κ1) is 59.2. The molecule has 2 N–H and O–H groups in total. The zero-order chi connectivity index (χ0) is 6.00. The molecule has 0 aromatic carbocycles. The molecule has 0 spiro atoms. The first-order chi connectivity index (χ1) is 3.00. The van der Waals surface area contributed by atoms with Gasteiger partial charge >= 0.3 is 21.1 Å². The van der Waals surface area contributed by atoms with Gasteiger partial charge in [0.15, 0.2) is 0 Å². The van der Waals surface area contributed by atoms with Crippen LogP contribution in [0.4, 0.5) is 0 Å². The summed E-state index contributed by atoms with van der Waals surface area (Å²) in [5, 5.41) is 14.0. The topological polar surface area (TPSA) is 57.5 Å². The van der Waals surface area contributed by atoms with Crippen LogP contribution in [0.5, 0.6) is 0 Å². The molecule has 9 heavy (non-hydrogen) atoms. The molecule has 0 atom stereocenters. The minimum absolute atomic E-state index is 0. The van der Waals surface area contributed by atoms with Gasteiger partial charge in [0.2, 0.25) is 0 Å². The van der Waals surface area contributed by atoms with Gasteiger partial charge in [-0.15, -0.1) is 0 Å². The third-order valence-electron chi connectivity index (χ3n) is 0. The Kier molecular flexibility index (Phi) is 37200. The molecule has 59 valence electrons. The summed E-state index contributed by atoms with van der Waals surface area (Å²) in [6, 6.07) is 0. The Hall–Kier alpha value is 0.278. The van der Waals surface area contributed by atoms with Gasteiger partial charge in [0.1, 0.15) is 0 Å². The Morgan fingerprint density at radius 1 is 0.889 bits per heavy atom. The van der Waals surface area contributed by atoms with Crippen LogP contribution in [-0.2, 0) is 25.9 Å². The van der Waals surface area contributed by atoms with Gasteiger partial charge in [0, 0.05) is 14.2 Å². The van der Waals surface area contributed by atoms with E-state index in [2.05, 4.69) is 6.79 Å². The molecule has 0 saturated carbocycles. The number of rotatable bonds is 0. The molecule has 0 aliphatic rings. The van der Waals surface area contributed by atoms with Crippen molar-refractivity contribution >= 4 is 6.79 Å². The average molecular weight is 219 g/mol. The maximum atomic E-state index is 7.75. The van der Waals surface area contributed by atoms with E-state index in [4.69, 9.17) is 15.0 Å². The van der Waals surface area contributed by atoms with Crippen LogP contribution < -0.4 is 0 Å². The van der Waals surface area contributed by atoms with Crippen molar-refractivity contribution in [3.8, 4) is 0 Å². The summed E-state index contributed by atoms with van der Waals surface area (Å²) in [5.41, 5.74) is 0. The molecular weight excluding hydrogens is 204 g/mol. The van der Waals surface area contributed by atoms with Crippen LogP contribution in [0.3, 0.4) is 0 Å². The Morgan fingerprint density at radius 3 is 0.889 bits per heavy atom. The summed E-state index contributed by atoms with van der Waals surface area (Å²) < 4.78 is 0. The first-order valence-electron chi connectivity index (χ1n) is 1.13. The van der Waals surface area contributed by atoms with E-state index < -0.39 is 0 Å². The van der Waals surface area contributed by atoms with E-state index >= 15 is 0 Å². The van der Waals surface area contributed by atoms with Crippen LogP contribution in [-0.4, -0.2) is 31.2 Å². The summed E-state index contributed by atoms with van der Waals surface area (Å²) >= 11 is 0. The fraction of sp³-hybridized carbons (Fsp3) is 0.400. The van der Waals surface area contributed by atoms with Crippen LogP contribution in [0.1, 0.15) is 0 Å². The van der Waals surface area contributed by atoms with Gasteiger partial charge in [-0.05, 0) is 0 Å². The van der Waals surface area contributed by atoms with E-state index in [1.54, 1.807) is 0 Å². The second kappa shape index (κ2) is 5660. The van der Waals surface area contributed by atoms with E-state index in [-0.39, 0.29) is 35.9 Å². The van der Waals surface area contributed by atoms with Crippen LogP contribution in [0.25, 0.3) is 0 Å². The second-order valence-corrected chi connectivity index (χ2v) is 0. The zero-order valence-corrected chi connectivity index (χ0v) is 8.30. The number of aliphatic hydroxyl groups excluding tert-OH is 2. The van der Waals surface area contributed by atoms with Crippen molar-refractivity contribution in [2.45, 2.75) is 0 Å². The maximum absolute atomic E-state index is 7.75. The molecule has 0 saturated heterocycles. The molecule has 0 fully saturated rings. The molecule has 0 aliphatic heterocycles. The Labute approximate surface area is 72.4 Å². The number of aliphatic hydroxyl groups is 2. The summed E-state index contributed by atoms with van der Waals surface area (Å²) in [7, 11) is 2.00. The summed E-state index contributed by atoms with van der Waals surface area (Å²) in [4.78, 5) is 7.75. The molecule has 1 radical (unpaired) electrons. The zero-order valence-electron chi connectivity index (χ0n) is 6.29.